The van der Waals surface area contributed by atoms with Gasteiger partial charge in [0.25, 0.3) is 0 Å². The molecular weight excluding hydrogens is 304 g/mol. The number of nitrogens with zero attached hydrogens (tertiary/aromatic N) is 1. The van der Waals surface area contributed by atoms with Crippen molar-refractivity contribution in [2.24, 2.45) is 5.84 Å². The second-order valence-electron chi connectivity index (χ2n) is 4.42. The summed E-state index contributed by atoms with van der Waals surface area (Å²) in [6.45, 7) is 0.781. The number of aliphatic carboxylic acids is 2. The maximum absolute atomic E-state index is 9.55. The summed E-state index contributed by atoms with van der Waals surface area (Å²) in [6.07, 6.45) is 1.96. The van der Waals surface area contributed by atoms with Crippen molar-refractivity contribution in [1.29, 1.82) is 0 Å². The third kappa shape index (κ3) is 9.88. The molecule has 0 fully saturated rings. The molecule has 0 unspecified atom stereocenters. The second-order valence-corrected chi connectivity index (χ2v) is 4.42. The van der Waals surface area contributed by atoms with Crippen molar-refractivity contribution in [2.75, 3.05) is 27.8 Å². The predicted molar refractivity (Wildman–Crippen MR) is 84.5 cm³/mol. The first kappa shape index (κ1) is 20.4. The summed E-state index contributed by atoms with van der Waals surface area (Å²) in [5, 5.41) is 17.3. The molecule has 0 atom stereocenters. The van der Waals surface area contributed by atoms with Gasteiger partial charge in [-0.3, -0.25) is 5.84 Å². The van der Waals surface area contributed by atoms with E-state index in [1.165, 1.54) is 0 Å². The maximum Gasteiger partial charge on any atom is 0.328 e. The van der Waals surface area contributed by atoms with Gasteiger partial charge in [0.05, 0.1) is 14.2 Å². The van der Waals surface area contributed by atoms with Crippen LogP contribution in [-0.2, 0) is 16.0 Å². The molecule has 8 nitrogen and oxygen atoms in total. The number of hydrazine groups is 1. The molecule has 23 heavy (non-hydrogen) atoms. The zero-order valence-corrected chi connectivity index (χ0v) is 13.4. The van der Waals surface area contributed by atoms with E-state index in [0.717, 1.165) is 30.0 Å². The van der Waals surface area contributed by atoms with Crippen LogP contribution in [0.4, 0.5) is 0 Å². The normalized spacial score (nSPS) is 10.1. The first-order chi connectivity index (χ1) is 10.8. The zero-order chi connectivity index (χ0) is 17.8. The van der Waals surface area contributed by atoms with Gasteiger partial charge in [-0.1, -0.05) is 0 Å². The standard InChI is InChI=1S/C11H18N2O2.C4H4O4/c1-13(12)7-6-9-8-10(14-2)4-5-11(9)15-3;5-3(6)1-2-4(7)8/h4-5,8H,6-7,12H2,1-3H3;1-2H,(H,5,6)(H,7,8)/b;2-1-. The molecule has 1 rings (SSSR count). The Labute approximate surface area is 134 Å². The Morgan fingerprint density at radius 1 is 1.17 bits per heavy atom. The number of carboxylic acids is 2. The molecule has 0 spiro atoms. The number of benzene rings is 1. The van der Waals surface area contributed by atoms with Crippen molar-refractivity contribution in [2.45, 2.75) is 6.42 Å². The largest absolute Gasteiger partial charge is 0.497 e. The van der Waals surface area contributed by atoms with Crippen molar-refractivity contribution in [3.63, 3.8) is 0 Å². The number of nitrogens with two attached hydrogens (primary N) is 1. The number of rotatable bonds is 7. The van der Waals surface area contributed by atoms with E-state index in [4.69, 9.17) is 25.5 Å². The molecule has 0 amide bonds. The molecule has 0 aliphatic rings. The van der Waals surface area contributed by atoms with Gasteiger partial charge in [0.15, 0.2) is 0 Å². The van der Waals surface area contributed by atoms with Gasteiger partial charge in [-0.25, -0.2) is 14.6 Å². The Morgan fingerprint density at radius 3 is 2.13 bits per heavy atom. The van der Waals surface area contributed by atoms with Gasteiger partial charge in [0.2, 0.25) is 0 Å². The fraction of sp³-hybridized carbons (Fsp3) is 0.333. The number of methoxy groups -OCH3 is 2. The van der Waals surface area contributed by atoms with Gasteiger partial charge in [-0.15, -0.1) is 0 Å². The smallest absolute Gasteiger partial charge is 0.328 e. The highest BCUT2D eigenvalue weighted by Crippen LogP contribution is 2.24. The first-order valence-corrected chi connectivity index (χ1v) is 6.60. The highest BCUT2D eigenvalue weighted by Gasteiger charge is 2.05. The van der Waals surface area contributed by atoms with Crippen LogP contribution in [0.3, 0.4) is 0 Å². The van der Waals surface area contributed by atoms with Gasteiger partial charge in [0.1, 0.15) is 11.5 Å². The summed E-state index contributed by atoms with van der Waals surface area (Å²) in [4.78, 5) is 19.1. The Hall–Kier alpha value is -2.58. The van der Waals surface area contributed by atoms with Crippen molar-refractivity contribution < 1.29 is 29.3 Å². The van der Waals surface area contributed by atoms with Gasteiger partial charge >= 0.3 is 11.9 Å². The van der Waals surface area contributed by atoms with Gasteiger partial charge < -0.3 is 19.7 Å². The monoisotopic (exact) mass is 326 g/mol. The molecule has 0 bridgehead atoms. The number of carbonyl (C=O) groups is 2. The third-order valence-electron chi connectivity index (χ3n) is 2.59. The summed E-state index contributed by atoms with van der Waals surface area (Å²) >= 11 is 0. The van der Waals surface area contributed by atoms with E-state index in [1.54, 1.807) is 19.2 Å². The molecule has 1 aromatic rings. The van der Waals surface area contributed by atoms with Gasteiger partial charge in [-0.2, -0.15) is 0 Å². The fourth-order valence-electron chi connectivity index (χ4n) is 1.52. The fourth-order valence-corrected chi connectivity index (χ4v) is 1.52. The highest BCUT2D eigenvalue weighted by molar-refractivity contribution is 5.89. The van der Waals surface area contributed by atoms with Crippen molar-refractivity contribution in [3.8, 4) is 11.5 Å². The molecule has 4 N–H and O–H groups in total. The Morgan fingerprint density at radius 2 is 1.74 bits per heavy atom. The summed E-state index contributed by atoms with van der Waals surface area (Å²) in [6, 6.07) is 5.77. The first-order valence-electron chi connectivity index (χ1n) is 6.60. The Kier molecular flexibility index (Phi) is 9.81. The van der Waals surface area contributed by atoms with Crippen LogP contribution in [0.2, 0.25) is 0 Å². The minimum atomic E-state index is -1.26. The van der Waals surface area contributed by atoms with Crippen LogP contribution in [0.15, 0.2) is 30.4 Å². The minimum absolute atomic E-state index is 0.558. The van der Waals surface area contributed by atoms with E-state index in [-0.39, 0.29) is 0 Å². The number of hydrogen-bond donors (Lipinski definition) is 3. The van der Waals surface area contributed by atoms with Crippen molar-refractivity contribution in [3.05, 3.63) is 35.9 Å². The number of ether oxygens (including phenoxy) is 2. The van der Waals surface area contributed by atoms with E-state index in [2.05, 4.69) is 0 Å². The molecule has 0 saturated carbocycles. The molecule has 1 aromatic carbocycles. The lowest BCUT2D eigenvalue weighted by molar-refractivity contribution is -0.134. The molecular formula is C15H22N2O6. The SMILES string of the molecule is COc1ccc(OC)c(CCN(C)N)c1.O=C(O)/C=C\C(=O)O. The third-order valence-corrected chi connectivity index (χ3v) is 2.59. The quantitative estimate of drug-likeness (QED) is 0.381. The van der Waals surface area contributed by atoms with Crippen LogP contribution in [0.1, 0.15) is 5.56 Å². The molecule has 0 aromatic heterocycles. The van der Waals surface area contributed by atoms with E-state index in [9.17, 15) is 9.59 Å². The Balaban J connectivity index is 0.000000515. The molecule has 0 heterocycles. The van der Waals surface area contributed by atoms with Crippen molar-refractivity contribution >= 4 is 11.9 Å². The number of hydrogen-bond acceptors (Lipinski definition) is 6. The molecule has 0 radical (unpaired) electrons. The highest BCUT2D eigenvalue weighted by atomic mass is 16.5. The lowest BCUT2D eigenvalue weighted by Crippen LogP contribution is -2.28. The van der Waals surface area contributed by atoms with Crippen LogP contribution >= 0.6 is 0 Å². The summed E-state index contributed by atoms with van der Waals surface area (Å²) in [5.41, 5.74) is 1.11. The minimum Gasteiger partial charge on any atom is -0.497 e. The zero-order valence-electron chi connectivity index (χ0n) is 13.4. The summed E-state index contributed by atoms with van der Waals surface area (Å²) < 4.78 is 10.4. The van der Waals surface area contributed by atoms with Gasteiger partial charge in [-0.05, 0) is 30.2 Å². The van der Waals surface area contributed by atoms with E-state index < -0.39 is 11.9 Å². The predicted octanol–water partition coefficient (Wildman–Crippen LogP) is 0.764. The van der Waals surface area contributed by atoms with Gasteiger partial charge in [0, 0.05) is 25.7 Å². The lowest BCUT2D eigenvalue weighted by atomic mass is 10.1. The van der Waals surface area contributed by atoms with Crippen LogP contribution in [0, 0.1) is 0 Å². The number of likely N-dealkylation sites (N-methyl/N-ethyl adjacent to an activating group) is 1. The molecule has 0 saturated heterocycles. The molecule has 8 heteroatoms. The Bertz CT molecular complexity index is 527. The lowest BCUT2D eigenvalue weighted by Gasteiger charge is -2.13. The van der Waals surface area contributed by atoms with E-state index >= 15 is 0 Å². The van der Waals surface area contributed by atoms with Crippen LogP contribution < -0.4 is 15.3 Å². The van der Waals surface area contributed by atoms with Crippen LogP contribution in [0.5, 0.6) is 11.5 Å². The molecule has 0 aliphatic heterocycles. The topological polar surface area (TPSA) is 122 Å². The summed E-state index contributed by atoms with van der Waals surface area (Å²) in [5.74, 6) is 4.76. The summed E-state index contributed by atoms with van der Waals surface area (Å²) in [7, 11) is 5.16. The average molecular weight is 326 g/mol. The second kappa shape index (κ2) is 11.0. The maximum atomic E-state index is 9.55. The average Bonchev–Trinajstić information content (AvgIpc) is 2.51. The molecule has 128 valence electrons. The van der Waals surface area contributed by atoms with Crippen molar-refractivity contribution in [1.82, 2.24) is 5.01 Å². The number of carboxylic acid groups (broad SMARTS) is 2. The van der Waals surface area contributed by atoms with Crippen LogP contribution in [-0.4, -0.2) is 55.0 Å². The van der Waals surface area contributed by atoms with Crippen LogP contribution in [0.25, 0.3) is 0 Å². The van der Waals surface area contributed by atoms with E-state index in [1.807, 2.05) is 25.2 Å². The van der Waals surface area contributed by atoms with E-state index in [0.29, 0.717) is 12.2 Å². The molecule has 0 aliphatic carbocycles.